The molecule has 0 aliphatic carbocycles. The molecule has 1 aromatic carbocycles. The molecule has 0 saturated carbocycles. The van der Waals surface area contributed by atoms with Crippen LogP contribution in [-0.2, 0) is 17.8 Å². The van der Waals surface area contributed by atoms with Crippen LogP contribution in [0, 0.1) is 0 Å². The highest BCUT2D eigenvalue weighted by molar-refractivity contribution is 5.59. The molecule has 4 heteroatoms. The topological polar surface area (TPSA) is 43.3 Å². The van der Waals surface area contributed by atoms with Crippen molar-refractivity contribution < 1.29 is 4.74 Å². The van der Waals surface area contributed by atoms with E-state index in [1.165, 1.54) is 0 Å². The number of ether oxygens (including phenoxy) is 1. The number of benzene rings is 1. The first-order valence-electron chi connectivity index (χ1n) is 7.25. The van der Waals surface area contributed by atoms with Gasteiger partial charge in [-0.15, -0.1) is 0 Å². The molecule has 4 nitrogen and oxygen atoms in total. The van der Waals surface area contributed by atoms with E-state index in [4.69, 9.17) is 4.74 Å². The van der Waals surface area contributed by atoms with Gasteiger partial charge in [-0.1, -0.05) is 43.3 Å². The van der Waals surface area contributed by atoms with Crippen LogP contribution in [0.3, 0.4) is 0 Å². The lowest BCUT2D eigenvalue weighted by molar-refractivity contribution is 0.186. The molecule has 0 fully saturated rings. The molecule has 2 rings (SSSR count). The van der Waals surface area contributed by atoms with Crippen LogP contribution >= 0.6 is 0 Å². The lowest BCUT2D eigenvalue weighted by atomic mass is 10.1. The molecule has 112 valence electrons. The van der Waals surface area contributed by atoms with Crippen molar-refractivity contribution in [3.05, 3.63) is 58.4 Å². The lowest BCUT2D eigenvalue weighted by Crippen LogP contribution is -2.29. The van der Waals surface area contributed by atoms with Crippen molar-refractivity contribution in [1.29, 1.82) is 0 Å². The molecule has 2 aromatic rings. The number of nitrogens with zero attached hydrogens (tertiary/aromatic N) is 1. The third kappa shape index (κ3) is 3.80. The average Bonchev–Trinajstić information content (AvgIpc) is 2.53. The van der Waals surface area contributed by atoms with Gasteiger partial charge in [0, 0.05) is 25.8 Å². The van der Waals surface area contributed by atoms with Crippen molar-refractivity contribution in [3.63, 3.8) is 0 Å². The van der Waals surface area contributed by atoms with Crippen molar-refractivity contribution in [3.8, 4) is 11.3 Å². The fourth-order valence-corrected chi connectivity index (χ4v) is 2.28. The minimum atomic E-state index is 0.0503. The minimum absolute atomic E-state index is 0.0503. The van der Waals surface area contributed by atoms with Gasteiger partial charge in [-0.3, -0.25) is 4.79 Å². The molecule has 21 heavy (non-hydrogen) atoms. The average molecular weight is 286 g/mol. The summed E-state index contributed by atoms with van der Waals surface area (Å²) in [5.41, 5.74) is 2.81. The van der Waals surface area contributed by atoms with Crippen molar-refractivity contribution in [2.45, 2.75) is 20.0 Å². The van der Waals surface area contributed by atoms with E-state index in [0.717, 1.165) is 23.4 Å². The molecule has 0 unspecified atom stereocenters. The summed E-state index contributed by atoms with van der Waals surface area (Å²) in [6.07, 6.45) is 0. The fraction of sp³-hybridized carbons (Fsp3) is 0.353. The van der Waals surface area contributed by atoms with Gasteiger partial charge in [-0.25, -0.2) is 0 Å². The highest BCUT2D eigenvalue weighted by Crippen LogP contribution is 2.17. The molecule has 1 heterocycles. The van der Waals surface area contributed by atoms with Crippen LogP contribution in [0.25, 0.3) is 11.3 Å². The Balaban J connectivity index is 2.45. The van der Waals surface area contributed by atoms with Gasteiger partial charge in [-0.2, -0.15) is 0 Å². The molecule has 0 saturated heterocycles. The standard InChI is InChI=1S/C17H22N2O2/c1-3-18-13-15-9-10-16(14-7-5-4-6-8-14)19(17(15)20)11-12-21-2/h4-10,18H,3,11-13H2,1-2H3. The van der Waals surface area contributed by atoms with Gasteiger partial charge < -0.3 is 14.6 Å². The first-order chi connectivity index (χ1) is 10.3. The van der Waals surface area contributed by atoms with Gasteiger partial charge in [-0.05, 0) is 18.2 Å². The molecule has 0 aliphatic rings. The maximum Gasteiger partial charge on any atom is 0.255 e. The number of pyridine rings is 1. The molecule has 0 bridgehead atoms. The van der Waals surface area contributed by atoms with Gasteiger partial charge in [0.2, 0.25) is 0 Å². The van der Waals surface area contributed by atoms with E-state index in [9.17, 15) is 4.79 Å². The van der Waals surface area contributed by atoms with Crippen molar-refractivity contribution in [2.75, 3.05) is 20.3 Å². The summed E-state index contributed by atoms with van der Waals surface area (Å²) in [5, 5.41) is 3.20. The van der Waals surface area contributed by atoms with E-state index in [2.05, 4.69) is 5.32 Å². The van der Waals surface area contributed by atoms with Crippen molar-refractivity contribution in [1.82, 2.24) is 9.88 Å². The molecule has 0 amide bonds. The lowest BCUT2D eigenvalue weighted by Gasteiger charge is -2.15. The van der Waals surface area contributed by atoms with E-state index in [1.807, 2.05) is 49.4 Å². The van der Waals surface area contributed by atoms with Crippen LogP contribution in [-0.4, -0.2) is 24.8 Å². The Labute approximate surface area is 125 Å². The molecule has 1 aromatic heterocycles. The van der Waals surface area contributed by atoms with Crippen molar-refractivity contribution >= 4 is 0 Å². The zero-order valence-corrected chi connectivity index (χ0v) is 12.6. The third-order valence-electron chi connectivity index (χ3n) is 3.41. The predicted molar refractivity (Wildman–Crippen MR) is 85.4 cm³/mol. The van der Waals surface area contributed by atoms with E-state index >= 15 is 0 Å². The second-order valence-electron chi connectivity index (χ2n) is 4.84. The van der Waals surface area contributed by atoms with E-state index < -0.39 is 0 Å². The second-order valence-corrected chi connectivity index (χ2v) is 4.84. The number of rotatable bonds is 7. The molecular weight excluding hydrogens is 264 g/mol. The Hall–Kier alpha value is -1.91. The SMILES string of the molecule is CCNCc1ccc(-c2ccccc2)n(CCOC)c1=O. The second kappa shape index (κ2) is 7.76. The third-order valence-corrected chi connectivity index (χ3v) is 3.41. The van der Waals surface area contributed by atoms with Crippen LogP contribution in [0.5, 0.6) is 0 Å². The van der Waals surface area contributed by atoms with Crippen molar-refractivity contribution in [2.24, 2.45) is 0 Å². The smallest absolute Gasteiger partial charge is 0.255 e. The van der Waals surface area contributed by atoms with E-state index in [-0.39, 0.29) is 5.56 Å². The molecule has 0 radical (unpaired) electrons. The van der Waals surface area contributed by atoms with Gasteiger partial charge in [0.15, 0.2) is 0 Å². The zero-order chi connectivity index (χ0) is 15.1. The maximum atomic E-state index is 12.6. The molecule has 0 atom stereocenters. The summed E-state index contributed by atoms with van der Waals surface area (Å²) in [4.78, 5) is 12.6. The van der Waals surface area contributed by atoms with Gasteiger partial charge in [0.1, 0.15) is 0 Å². The summed E-state index contributed by atoms with van der Waals surface area (Å²) in [7, 11) is 1.65. The number of aromatic nitrogens is 1. The number of nitrogens with one attached hydrogen (secondary N) is 1. The van der Waals surface area contributed by atoms with E-state index in [0.29, 0.717) is 19.7 Å². The number of hydrogen-bond acceptors (Lipinski definition) is 3. The number of methoxy groups -OCH3 is 1. The highest BCUT2D eigenvalue weighted by Gasteiger charge is 2.10. The molecular formula is C17H22N2O2. The van der Waals surface area contributed by atoms with Gasteiger partial charge in [0.05, 0.1) is 12.3 Å². The molecule has 0 aliphatic heterocycles. The molecule has 0 spiro atoms. The van der Waals surface area contributed by atoms with Gasteiger partial charge >= 0.3 is 0 Å². The Morgan fingerprint density at radius 1 is 1.14 bits per heavy atom. The largest absolute Gasteiger partial charge is 0.383 e. The predicted octanol–water partition coefficient (Wildman–Crippen LogP) is 2.27. The van der Waals surface area contributed by atoms with Crippen LogP contribution in [0.1, 0.15) is 12.5 Å². The van der Waals surface area contributed by atoms with Crippen LogP contribution < -0.4 is 10.9 Å². The quantitative estimate of drug-likeness (QED) is 0.849. The Bertz CT molecular complexity index is 620. The number of hydrogen-bond donors (Lipinski definition) is 1. The van der Waals surface area contributed by atoms with Crippen LogP contribution in [0.4, 0.5) is 0 Å². The monoisotopic (exact) mass is 286 g/mol. The maximum absolute atomic E-state index is 12.6. The van der Waals surface area contributed by atoms with Crippen LogP contribution in [0.2, 0.25) is 0 Å². The summed E-state index contributed by atoms with van der Waals surface area (Å²) in [6.45, 7) is 4.54. The summed E-state index contributed by atoms with van der Waals surface area (Å²) in [5.74, 6) is 0. The molecule has 1 N–H and O–H groups in total. The first kappa shape index (κ1) is 15.5. The summed E-state index contributed by atoms with van der Waals surface area (Å²) >= 11 is 0. The Morgan fingerprint density at radius 3 is 2.57 bits per heavy atom. The highest BCUT2D eigenvalue weighted by atomic mass is 16.5. The normalized spacial score (nSPS) is 10.8. The van der Waals surface area contributed by atoms with Gasteiger partial charge in [0.25, 0.3) is 5.56 Å². The summed E-state index contributed by atoms with van der Waals surface area (Å²) < 4.78 is 6.93. The fourth-order valence-electron chi connectivity index (χ4n) is 2.28. The minimum Gasteiger partial charge on any atom is -0.383 e. The first-order valence-corrected chi connectivity index (χ1v) is 7.25. The summed E-state index contributed by atoms with van der Waals surface area (Å²) in [6, 6.07) is 13.9. The zero-order valence-electron chi connectivity index (χ0n) is 12.6. The Morgan fingerprint density at radius 2 is 1.90 bits per heavy atom. The van der Waals surface area contributed by atoms with Crippen LogP contribution in [0.15, 0.2) is 47.3 Å². The van der Waals surface area contributed by atoms with E-state index in [1.54, 1.807) is 11.7 Å². The Kier molecular flexibility index (Phi) is 5.72.